The van der Waals surface area contributed by atoms with Crippen LogP contribution in [-0.2, 0) is 9.53 Å². The largest absolute Gasteiger partial charge is 0.487 e. The Morgan fingerprint density at radius 3 is 2.73 bits per heavy atom. The number of hydrogen-bond acceptors (Lipinski definition) is 8. The molecule has 1 fully saturated rings. The Hall–Kier alpha value is -4.53. The zero-order chi connectivity index (χ0) is 26.0. The van der Waals surface area contributed by atoms with Crippen LogP contribution in [0.1, 0.15) is 16.2 Å². The van der Waals surface area contributed by atoms with Gasteiger partial charge in [0.25, 0.3) is 11.8 Å². The standard InChI is InChI=1S/C26H21FN4O6/c1-31-23-22(7-4-17(29-23)8-10-26(34)14-35-15-26)36-13-21(25(31)33)30-24(32)20-12-19(9-11-28-20)37-18-5-2-16(27)3-6-18/h2-7,9,11-12,21,34H,13-15H2,1H3,(H,30,32). The average molecular weight is 504 g/mol. The van der Waals surface area contributed by atoms with E-state index in [0.717, 1.165) is 0 Å². The van der Waals surface area contributed by atoms with E-state index in [4.69, 9.17) is 14.2 Å². The van der Waals surface area contributed by atoms with E-state index >= 15 is 0 Å². The van der Waals surface area contributed by atoms with Crippen molar-refractivity contribution in [3.05, 3.63) is 71.9 Å². The van der Waals surface area contributed by atoms with E-state index in [0.29, 0.717) is 22.9 Å². The average Bonchev–Trinajstić information content (AvgIpc) is 3.00. The SMILES string of the molecule is CN1C(=O)C(NC(=O)c2cc(Oc3ccc(F)cc3)ccn2)COc2ccc(C#CC3(O)COC3)nc21. The second kappa shape index (κ2) is 9.85. The van der Waals surface area contributed by atoms with Crippen molar-refractivity contribution in [2.75, 3.05) is 31.8 Å². The van der Waals surface area contributed by atoms with Crippen LogP contribution in [0.25, 0.3) is 0 Å². The number of anilines is 1. The first-order valence-corrected chi connectivity index (χ1v) is 11.2. The van der Waals surface area contributed by atoms with Gasteiger partial charge in [0.15, 0.2) is 17.2 Å². The van der Waals surface area contributed by atoms with Crippen LogP contribution in [0.3, 0.4) is 0 Å². The fraction of sp³-hybridized carbons (Fsp3) is 0.231. The smallest absolute Gasteiger partial charge is 0.270 e. The number of aliphatic hydroxyl groups is 1. The molecule has 4 heterocycles. The molecule has 5 rings (SSSR count). The van der Waals surface area contributed by atoms with Crippen molar-refractivity contribution in [2.24, 2.45) is 0 Å². The van der Waals surface area contributed by atoms with Gasteiger partial charge >= 0.3 is 0 Å². The second-order valence-corrected chi connectivity index (χ2v) is 8.46. The number of halogens is 1. The quantitative estimate of drug-likeness (QED) is 0.515. The van der Waals surface area contributed by atoms with E-state index in [1.165, 1.54) is 48.5 Å². The minimum absolute atomic E-state index is 0.0189. The van der Waals surface area contributed by atoms with Crippen molar-refractivity contribution in [1.29, 1.82) is 0 Å². The summed E-state index contributed by atoms with van der Waals surface area (Å²) in [6.07, 6.45) is 1.39. The van der Waals surface area contributed by atoms with E-state index in [1.54, 1.807) is 18.2 Å². The molecule has 0 saturated carbocycles. The van der Waals surface area contributed by atoms with Gasteiger partial charge in [-0.3, -0.25) is 19.5 Å². The second-order valence-electron chi connectivity index (χ2n) is 8.46. The highest BCUT2D eigenvalue weighted by Gasteiger charge is 2.34. The summed E-state index contributed by atoms with van der Waals surface area (Å²) in [6.45, 7) is 0.130. The zero-order valence-electron chi connectivity index (χ0n) is 19.6. The number of carbonyl (C=O) groups is 2. The van der Waals surface area contributed by atoms with Gasteiger partial charge in [-0.1, -0.05) is 5.92 Å². The first-order valence-electron chi connectivity index (χ1n) is 11.2. The van der Waals surface area contributed by atoms with Crippen LogP contribution in [-0.4, -0.2) is 65.4 Å². The third-order valence-electron chi connectivity index (χ3n) is 5.61. The van der Waals surface area contributed by atoms with Gasteiger partial charge in [0.05, 0.1) is 13.2 Å². The minimum atomic E-state index is -1.20. The highest BCUT2D eigenvalue weighted by atomic mass is 19.1. The number of fused-ring (bicyclic) bond motifs is 1. The Kier molecular flexibility index (Phi) is 6.43. The van der Waals surface area contributed by atoms with Crippen LogP contribution in [0.15, 0.2) is 54.7 Å². The van der Waals surface area contributed by atoms with Gasteiger partial charge in [0.2, 0.25) is 0 Å². The fourth-order valence-corrected chi connectivity index (χ4v) is 3.56. The molecule has 11 heteroatoms. The van der Waals surface area contributed by atoms with Crippen molar-refractivity contribution in [3.63, 3.8) is 0 Å². The maximum Gasteiger partial charge on any atom is 0.270 e. The van der Waals surface area contributed by atoms with Gasteiger partial charge in [-0.15, -0.1) is 0 Å². The van der Waals surface area contributed by atoms with Crippen LogP contribution in [0, 0.1) is 17.7 Å². The van der Waals surface area contributed by atoms with Crippen molar-refractivity contribution in [1.82, 2.24) is 15.3 Å². The fourth-order valence-electron chi connectivity index (χ4n) is 3.56. The van der Waals surface area contributed by atoms with Crippen LogP contribution in [0.4, 0.5) is 10.2 Å². The lowest BCUT2D eigenvalue weighted by molar-refractivity contribution is -0.140. The maximum atomic E-state index is 13.1. The summed E-state index contributed by atoms with van der Waals surface area (Å²) in [6, 6.07) is 10.6. The Labute approximate surface area is 211 Å². The van der Waals surface area contributed by atoms with Gasteiger partial charge in [-0.25, -0.2) is 9.37 Å². The van der Waals surface area contributed by atoms with Gasteiger partial charge in [-0.05, 0) is 48.4 Å². The number of hydrogen-bond donors (Lipinski definition) is 2. The molecule has 0 spiro atoms. The molecule has 1 unspecified atom stereocenters. The van der Waals surface area contributed by atoms with Crippen molar-refractivity contribution >= 4 is 17.6 Å². The maximum absolute atomic E-state index is 13.1. The molecule has 10 nitrogen and oxygen atoms in total. The summed E-state index contributed by atoms with van der Waals surface area (Å²) >= 11 is 0. The molecule has 1 aromatic carbocycles. The Bertz CT molecular complexity index is 1410. The van der Waals surface area contributed by atoms with Crippen molar-refractivity contribution in [2.45, 2.75) is 11.6 Å². The third kappa shape index (κ3) is 5.35. The molecule has 2 N–H and O–H groups in total. The lowest BCUT2D eigenvalue weighted by atomic mass is 10.0. The molecule has 0 radical (unpaired) electrons. The van der Waals surface area contributed by atoms with E-state index in [1.807, 2.05) is 0 Å². The Morgan fingerprint density at radius 1 is 1.22 bits per heavy atom. The number of nitrogens with zero attached hydrogens (tertiary/aromatic N) is 3. The summed E-state index contributed by atoms with van der Waals surface area (Å²) < 4.78 is 29.5. The first-order chi connectivity index (χ1) is 17.8. The predicted octanol–water partition coefficient (Wildman–Crippen LogP) is 1.67. The lowest BCUT2D eigenvalue weighted by Gasteiger charge is -2.30. The number of pyridine rings is 2. The number of aromatic nitrogens is 2. The molecule has 2 aliphatic rings. The monoisotopic (exact) mass is 504 g/mol. The van der Waals surface area contributed by atoms with Gasteiger partial charge in [-0.2, -0.15) is 0 Å². The molecule has 2 amide bonds. The number of benzene rings is 1. The predicted molar refractivity (Wildman–Crippen MR) is 128 cm³/mol. The van der Waals surface area contributed by atoms with E-state index in [-0.39, 0.29) is 31.3 Å². The minimum Gasteiger partial charge on any atom is -0.487 e. The molecule has 37 heavy (non-hydrogen) atoms. The number of ether oxygens (including phenoxy) is 3. The summed E-state index contributed by atoms with van der Waals surface area (Å²) in [7, 11) is 1.52. The number of rotatable bonds is 4. The summed E-state index contributed by atoms with van der Waals surface area (Å²) in [5.41, 5.74) is -0.838. The molecule has 0 aliphatic carbocycles. The molecule has 3 aromatic rings. The van der Waals surface area contributed by atoms with Gasteiger partial charge in [0, 0.05) is 19.3 Å². The van der Waals surface area contributed by atoms with Gasteiger partial charge < -0.3 is 24.6 Å². The number of amides is 2. The number of likely N-dealkylation sites (N-methyl/N-ethyl adjacent to an activating group) is 1. The number of carbonyl (C=O) groups excluding carboxylic acids is 2. The highest BCUT2D eigenvalue weighted by molar-refractivity contribution is 6.02. The molecule has 0 bridgehead atoms. The molecular weight excluding hydrogens is 483 g/mol. The van der Waals surface area contributed by atoms with Crippen molar-refractivity contribution < 1.29 is 33.3 Å². The van der Waals surface area contributed by atoms with Crippen LogP contribution in [0.5, 0.6) is 17.2 Å². The van der Waals surface area contributed by atoms with Crippen LogP contribution >= 0.6 is 0 Å². The molecule has 1 saturated heterocycles. The lowest BCUT2D eigenvalue weighted by Crippen LogP contribution is -2.49. The molecule has 188 valence electrons. The van der Waals surface area contributed by atoms with Gasteiger partial charge in [0.1, 0.15) is 41.4 Å². The first kappa shape index (κ1) is 24.2. The molecule has 2 aliphatic heterocycles. The Morgan fingerprint density at radius 2 is 2.00 bits per heavy atom. The molecule has 1 atom stereocenters. The van der Waals surface area contributed by atoms with Crippen LogP contribution < -0.4 is 19.7 Å². The zero-order valence-corrected chi connectivity index (χ0v) is 19.6. The van der Waals surface area contributed by atoms with E-state index in [2.05, 4.69) is 27.1 Å². The topological polar surface area (TPSA) is 123 Å². The van der Waals surface area contributed by atoms with E-state index in [9.17, 15) is 19.1 Å². The normalized spacial score (nSPS) is 17.8. The number of nitrogens with one attached hydrogen (secondary N) is 1. The molecular formula is C26H21FN4O6. The molecule has 2 aromatic heterocycles. The van der Waals surface area contributed by atoms with Crippen LogP contribution in [0.2, 0.25) is 0 Å². The highest BCUT2D eigenvalue weighted by Crippen LogP contribution is 2.29. The Balaban J connectivity index is 1.28. The summed E-state index contributed by atoms with van der Waals surface area (Å²) in [5.74, 6) is 5.33. The van der Waals surface area contributed by atoms with Crippen molar-refractivity contribution in [3.8, 4) is 29.1 Å². The summed E-state index contributed by atoms with van der Waals surface area (Å²) in [4.78, 5) is 35.7. The third-order valence-corrected chi connectivity index (χ3v) is 5.61. The van der Waals surface area contributed by atoms with E-state index < -0.39 is 29.3 Å². The summed E-state index contributed by atoms with van der Waals surface area (Å²) in [5, 5.41) is 12.7.